The molecule has 0 heterocycles. The van der Waals surface area contributed by atoms with Crippen molar-refractivity contribution in [2.24, 2.45) is 0 Å². The predicted octanol–water partition coefficient (Wildman–Crippen LogP) is 2.77. The van der Waals surface area contributed by atoms with Gasteiger partial charge in [-0.3, -0.25) is 4.79 Å². The highest BCUT2D eigenvalue weighted by molar-refractivity contribution is 5.93. The standard InChI is InChI=1S/C16H18N2O2/c1-10-7-15(19)11(2)6-14(10)18-16(20)9-12-4-3-5-13(17)8-12/h3-8,19H,9,17H2,1-2H3,(H,18,20). The first kappa shape index (κ1) is 13.9. The molecule has 1 amide bonds. The summed E-state index contributed by atoms with van der Waals surface area (Å²) in [5, 5.41) is 12.5. The van der Waals surface area contributed by atoms with Crippen LogP contribution in [0.5, 0.6) is 5.75 Å². The number of aryl methyl sites for hydroxylation is 2. The molecule has 4 N–H and O–H groups in total. The summed E-state index contributed by atoms with van der Waals surface area (Å²) in [6, 6.07) is 10.7. The van der Waals surface area contributed by atoms with Gasteiger partial charge in [-0.1, -0.05) is 12.1 Å². The molecule has 2 aromatic carbocycles. The Morgan fingerprint density at radius 3 is 2.65 bits per heavy atom. The fourth-order valence-corrected chi connectivity index (χ4v) is 2.02. The Morgan fingerprint density at radius 2 is 1.95 bits per heavy atom. The second kappa shape index (κ2) is 5.65. The van der Waals surface area contributed by atoms with E-state index in [0.29, 0.717) is 11.4 Å². The monoisotopic (exact) mass is 270 g/mol. The number of carbonyl (C=O) groups is 1. The van der Waals surface area contributed by atoms with Crippen molar-refractivity contribution in [2.45, 2.75) is 20.3 Å². The summed E-state index contributed by atoms with van der Waals surface area (Å²) in [7, 11) is 0. The van der Waals surface area contributed by atoms with Gasteiger partial charge in [0, 0.05) is 11.4 Å². The van der Waals surface area contributed by atoms with Crippen LogP contribution in [0.4, 0.5) is 11.4 Å². The van der Waals surface area contributed by atoms with E-state index in [1.54, 1.807) is 31.2 Å². The van der Waals surface area contributed by atoms with Crippen LogP contribution in [-0.2, 0) is 11.2 Å². The van der Waals surface area contributed by atoms with E-state index in [0.717, 1.165) is 16.7 Å². The molecule has 20 heavy (non-hydrogen) atoms. The van der Waals surface area contributed by atoms with Gasteiger partial charge in [-0.25, -0.2) is 0 Å². The van der Waals surface area contributed by atoms with Crippen molar-refractivity contribution in [3.8, 4) is 5.75 Å². The van der Waals surface area contributed by atoms with Crippen molar-refractivity contribution in [3.63, 3.8) is 0 Å². The molecule has 4 heteroatoms. The van der Waals surface area contributed by atoms with E-state index in [1.165, 1.54) is 0 Å². The SMILES string of the molecule is Cc1cc(NC(=O)Cc2cccc(N)c2)c(C)cc1O. The molecule has 0 fully saturated rings. The first-order valence-electron chi connectivity index (χ1n) is 6.40. The molecule has 0 aromatic heterocycles. The van der Waals surface area contributed by atoms with Crippen LogP contribution >= 0.6 is 0 Å². The van der Waals surface area contributed by atoms with Crippen LogP contribution in [0, 0.1) is 13.8 Å². The Morgan fingerprint density at radius 1 is 1.20 bits per heavy atom. The molecule has 0 spiro atoms. The van der Waals surface area contributed by atoms with Crippen molar-refractivity contribution in [2.75, 3.05) is 11.1 Å². The smallest absolute Gasteiger partial charge is 0.228 e. The summed E-state index contributed by atoms with van der Waals surface area (Å²) >= 11 is 0. The van der Waals surface area contributed by atoms with Gasteiger partial charge in [0.25, 0.3) is 0 Å². The second-order valence-electron chi connectivity index (χ2n) is 4.92. The molecule has 0 atom stereocenters. The Hall–Kier alpha value is -2.49. The number of hydrogen-bond acceptors (Lipinski definition) is 3. The van der Waals surface area contributed by atoms with Gasteiger partial charge in [-0.15, -0.1) is 0 Å². The maximum absolute atomic E-state index is 12.0. The van der Waals surface area contributed by atoms with Crippen molar-refractivity contribution in [3.05, 3.63) is 53.1 Å². The minimum Gasteiger partial charge on any atom is -0.508 e. The van der Waals surface area contributed by atoms with Gasteiger partial charge >= 0.3 is 0 Å². The number of rotatable bonds is 3. The number of benzene rings is 2. The molecule has 0 saturated carbocycles. The first-order chi connectivity index (χ1) is 9.45. The number of carbonyl (C=O) groups excluding carboxylic acids is 1. The molecule has 2 aromatic rings. The van der Waals surface area contributed by atoms with Crippen LogP contribution in [0.2, 0.25) is 0 Å². The average Bonchev–Trinajstić information content (AvgIpc) is 2.36. The third kappa shape index (κ3) is 3.29. The van der Waals surface area contributed by atoms with Gasteiger partial charge < -0.3 is 16.2 Å². The lowest BCUT2D eigenvalue weighted by atomic mass is 10.1. The van der Waals surface area contributed by atoms with E-state index < -0.39 is 0 Å². The van der Waals surface area contributed by atoms with E-state index in [4.69, 9.17) is 5.73 Å². The van der Waals surface area contributed by atoms with Crippen LogP contribution < -0.4 is 11.1 Å². The Labute approximate surface area is 118 Å². The summed E-state index contributed by atoms with van der Waals surface area (Å²) in [6.45, 7) is 3.64. The number of phenols is 1. The first-order valence-corrected chi connectivity index (χ1v) is 6.40. The zero-order valence-corrected chi connectivity index (χ0v) is 11.6. The lowest BCUT2D eigenvalue weighted by molar-refractivity contribution is -0.115. The third-order valence-corrected chi connectivity index (χ3v) is 3.13. The molecular weight excluding hydrogens is 252 g/mol. The number of nitrogens with one attached hydrogen (secondary N) is 1. The van der Waals surface area contributed by atoms with E-state index in [9.17, 15) is 9.90 Å². The minimum atomic E-state index is -0.108. The van der Waals surface area contributed by atoms with Crippen LogP contribution in [0.3, 0.4) is 0 Å². The Kier molecular flexibility index (Phi) is 3.94. The predicted molar refractivity (Wildman–Crippen MR) is 80.8 cm³/mol. The normalized spacial score (nSPS) is 10.3. The quantitative estimate of drug-likeness (QED) is 0.593. The summed E-state index contributed by atoms with van der Waals surface area (Å²) < 4.78 is 0. The van der Waals surface area contributed by atoms with Crippen molar-refractivity contribution >= 4 is 17.3 Å². The molecule has 0 unspecified atom stereocenters. The highest BCUT2D eigenvalue weighted by atomic mass is 16.3. The highest BCUT2D eigenvalue weighted by Crippen LogP contribution is 2.25. The number of nitrogens with two attached hydrogens (primary N) is 1. The van der Waals surface area contributed by atoms with E-state index in [2.05, 4.69) is 5.32 Å². The average molecular weight is 270 g/mol. The zero-order chi connectivity index (χ0) is 14.7. The van der Waals surface area contributed by atoms with Gasteiger partial charge in [-0.05, 0) is 54.8 Å². The molecule has 2 rings (SSSR count). The minimum absolute atomic E-state index is 0.108. The Balaban J connectivity index is 2.10. The van der Waals surface area contributed by atoms with Gasteiger partial charge in [0.05, 0.1) is 6.42 Å². The number of hydrogen-bond donors (Lipinski definition) is 3. The van der Waals surface area contributed by atoms with Crippen LogP contribution in [0.1, 0.15) is 16.7 Å². The maximum Gasteiger partial charge on any atom is 0.228 e. The molecular formula is C16H18N2O2. The van der Waals surface area contributed by atoms with Crippen molar-refractivity contribution in [1.29, 1.82) is 0 Å². The van der Waals surface area contributed by atoms with Crippen LogP contribution in [-0.4, -0.2) is 11.0 Å². The zero-order valence-electron chi connectivity index (χ0n) is 11.6. The molecule has 0 aliphatic carbocycles. The largest absolute Gasteiger partial charge is 0.508 e. The molecule has 0 bridgehead atoms. The van der Waals surface area contributed by atoms with Gasteiger partial charge in [0.15, 0.2) is 0 Å². The van der Waals surface area contributed by atoms with Gasteiger partial charge in [0.2, 0.25) is 5.91 Å². The Bertz CT molecular complexity index is 651. The fraction of sp³-hybridized carbons (Fsp3) is 0.188. The number of nitrogen functional groups attached to an aromatic ring is 1. The lowest BCUT2D eigenvalue weighted by Crippen LogP contribution is -2.15. The molecule has 0 radical (unpaired) electrons. The maximum atomic E-state index is 12.0. The lowest BCUT2D eigenvalue weighted by Gasteiger charge is -2.11. The van der Waals surface area contributed by atoms with Crippen molar-refractivity contribution < 1.29 is 9.90 Å². The number of amides is 1. The third-order valence-electron chi connectivity index (χ3n) is 3.13. The van der Waals surface area contributed by atoms with Gasteiger partial charge in [0.1, 0.15) is 5.75 Å². The summed E-state index contributed by atoms with van der Waals surface area (Å²) in [5.41, 5.74) is 9.48. The van der Waals surface area contributed by atoms with Gasteiger partial charge in [-0.2, -0.15) is 0 Å². The van der Waals surface area contributed by atoms with E-state index in [-0.39, 0.29) is 18.1 Å². The number of aromatic hydroxyl groups is 1. The molecule has 0 saturated heterocycles. The number of anilines is 2. The second-order valence-corrected chi connectivity index (χ2v) is 4.92. The highest BCUT2D eigenvalue weighted by Gasteiger charge is 2.08. The topological polar surface area (TPSA) is 75.4 Å². The summed E-state index contributed by atoms with van der Waals surface area (Å²) in [6.07, 6.45) is 0.268. The van der Waals surface area contributed by atoms with E-state index in [1.807, 2.05) is 19.1 Å². The molecule has 4 nitrogen and oxygen atoms in total. The van der Waals surface area contributed by atoms with E-state index >= 15 is 0 Å². The molecule has 0 aliphatic heterocycles. The molecule has 0 aliphatic rings. The summed E-state index contributed by atoms with van der Waals surface area (Å²) in [4.78, 5) is 12.0. The van der Waals surface area contributed by atoms with Crippen molar-refractivity contribution in [1.82, 2.24) is 0 Å². The van der Waals surface area contributed by atoms with Crippen LogP contribution in [0.25, 0.3) is 0 Å². The number of phenolic OH excluding ortho intramolecular Hbond substituents is 1. The fourth-order valence-electron chi connectivity index (χ4n) is 2.02. The molecule has 104 valence electrons. The van der Waals surface area contributed by atoms with Crippen LogP contribution in [0.15, 0.2) is 36.4 Å². The summed E-state index contributed by atoms with van der Waals surface area (Å²) in [5.74, 6) is 0.125.